The van der Waals surface area contributed by atoms with E-state index in [1.54, 1.807) is 11.2 Å². The van der Waals surface area contributed by atoms with Crippen LogP contribution < -0.4 is 5.32 Å². The number of rotatable bonds is 5. The number of sulfonamides is 1. The summed E-state index contributed by atoms with van der Waals surface area (Å²) in [6.07, 6.45) is 2.52. The maximum Gasteiger partial charge on any atom is 0.213 e. The van der Waals surface area contributed by atoms with Crippen molar-refractivity contribution in [1.82, 2.24) is 9.62 Å². The Morgan fingerprint density at radius 2 is 1.89 bits per heavy atom. The van der Waals surface area contributed by atoms with E-state index in [1.807, 2.05) is 0 Å². The maximum atomic E-state index is 11.6. The lowest BCUT2D eigenvalue weighted by atomic mass is 9.91. The molecule has 2 aliphatic rings. The number of nitrogens with one attached hydrogen (secondary N) is 1. The van der Waals surface area contributed by atoms with Crippen LogP contribution in [-0.4, -0.2) is 44.2 Å². The van der Waals surface area contributed by atoms with E-state index in [-0.39, 0.29) is 5.75 Å². The van der Waals surface area contributed by atoms with E-state index < -0.39 is 10.0 Å². The van der Waals surface area contributed by atoms with Gasteiger partial charge in [-0.05, 0) is 37.0 Å². The highest BCUT2D eigenvalue weighted by Crippen LogP contribution is 2.40. The van der Waals surface area contributed by atoms with Crippen LogP contribution in [0.25, 0.3) is 0 Å². The quantitative estimate of drug-likeness (QED) is 0.837. The molecule has 0 spiro atoms. The largest absolute Gasteiger partial charge is 0.313 e. The Hall–Kier alpha value is -0.130. The van der Waals surface area contributed by atoms with Crippen LogP contribution in [0.5, 0.6) is 0 Å². The Labute approximate surface area is 118 Å². The lowest BCUT2D eigenvalue weighted by Gasteiger charge is -2.38. The third kappa shape index (κ3) is 3.50. The minimum atomic E-state index is -2.96. The van der Waals surface area contributed by atoms with Crippen molar-refractivity contribution in [2.45, 2.75) is 46.6 Å². The highest BCUT2D eigenvalue weighted by atomic mass is 32.2. The van der Waals surface area contributed by atoms with E-state index in [0.29, 0.717) is 30.5 Å². The minimum absolute atomic E-state index is 0.223. The van der Waals surface area contributed by atoms with Crippen LogP contribution in [0.15, 0.2) is 0 Å². The fourth-order valence-corrected chi connectivity index (χ4v) is 4.79. The first-order valence-corrected chi connectivity index (χ1v) is 9.05. The molecule has 19 heavy (non-hydrogen) atoms. The van der Waals surface area contributed by atoms with Crippen LogP contribution in [0.1, 0.15) is 40.5 Å². The molecule has 1 heterocycles. The second-order valence-corrected chi connectivity index (χ2v) is 9.41. The molecule has 0 radical (unpaired) electrons. The van der Waals surface area contributed by atoms with Crippen LogP contribution in [-0.2, 0) is 10.0 Å². The molecular formula is C14H28N2O2S. The maximum absolute atomic E-state index is 11.6. The van der Waals surface area contributed by atoms with Crippen molar-refractivity contribution in [3.8, 4) is 0 Å². The molecule has 0 bridgehead atoms. The van der Waals surface area contributed by atoms with Gasteiger partial charge in [-0.1, -0.05) is 20.8 Å². The van der Waals surface area contributed by atoms with Crippen molar-refractivity contribution in [1.29, 1.82) is 0 Å². The zero-order chi connectivity index (χ0) is 14.3. The van der Waals surface area contributed by atoms with Gasteiger partial charge in [0, 0.05) is 25.7 Å². The molecule has 1 saturated carbocycles. The number of hydrogen-bond donors (Lipinski definition) is 1. The Bertz CT molecular complexity index is 413. The van der Waals surface area contributed by atoms with E-state index in [2.05, 4.69) is 26.1 Å². The van der Waals surface area contributed by atoms with E-state index in [9.17, 15) is 8.42 Å². The molecule has 1 saturated heterocycles. The van der Waals surface area contributed by atoms with Crippen LogP contribution in [0, 0.1) is 17.3 Å². The standard InChI is InChI=1S/C14H28N2O2S/c1-5-19(17,18)16-9-12(10-16)8-15-13-7-14(3,4)6-11(13)2/h11-13,15H,5-10H2,1-4H3/t11-,13+/m1/s1. The predicted octanol–water partition coefficient (Wildman–Crippen LogP) is 1.68. The molecule has 2 atom stereocenters. The van der Waals surface area contributed by atoms with Crippen molar-refractivity contribution in [2.24, 2.45) is 17.3 Å². The van der Waals surface area contributed by atoms with E-state index in [0.717, 1.165) is 12.5 Å². The van der Waals surface area contributed by atoms with Crippen molar-refractivity contribution >= 4 is 10.0 Å². The lowest BCUT2D eigenvalue weighted by molar-refractivity contribution is 0.188. The molecule has 2 fully saturated rings. The Balaban J connectivity index is 1.72. The fourth-order valence-electron chi connectivity index (χ4n) is 3.55. The average Bonchev–Trinajstić information content (AvgIpc) is 2.49. The molecule has 0 aromatic heterocycles. The summed E-state index contributed by atoms with van der Waals surface area (Å²) in [4.78, 5) is 0. The second-order valence-electron chi connectivity index (χ2n) is 7.15. The van der Waals surface area contributed by atoms with E-state index >= 15 is 0 Å². The van der Waals surface area contributed by atoms with Crippen LogP contribution in [0.4, 0.5) is 0 Å². The third-order valence-corrected chi connectivity index (χ3v) is 6.50. The van der Waals surface area contributed by atoms with Gasteiger partial charge in [-0.2, -0.15) is 0 Å². The highest BCUT2D eigenvalue weighted by Gasteiger charge is 2.38. The normalized spacial score (nSPS) is 32.4. The molecule has 0 amide bonds. The topological polar surface area (TPSA) is 49.4 Å². The van der Waals surface area contributed by atoms with Gasteiger partial charge < -0.3 is 5.32 Å². The summed E-state index contributed by atoms with van der Waals surface area (Å²) in [6, 6.07) is 0.604. The summed E-state index contributed by atoms with van der Waals surface area (Å²) in [6.45, 7) is 11.1. The first-order chi connectivity index (χ1) is 8.73. The zero-order valence-corrected chi connectivity index (χ0v) is 13.5. The molecule has 0 aromatic carbocycles. The third-order valence-electron chi connectivity index (χ3n) is 4.68. The van der Waals surface area contributed by atoms with Gasteiger partial charge in [-0.25, -0.2) is 12.7 Å². The average molecular weight is 288 g/mol. The van der Waals surface area contributed by atoms with Crippen molar-refractivity contribution in [3.05, 3.63) is 0 Å². The predicted molar refractivity (Wildman–Crippen MR) is 78.5 cm³/mol. The number of nitrogens with zero attached hydrogens (tertiary/aromatic N) is 1. The summed E-state index contributed by atoms with van der Waals surface area (Å²) in [5, 5.41) is 3.66. The van der Waals surface area contributed by atoms with Gasteiger partial charge in [-0.15, -0.1) is 0 Å². The summed E-state index contributed by atoms with van der Waals surface area (Å²) < 4.78 is 24.9. The molecule has 1 N–H and O–H groups in total. The van der Waals surface area contributed by atoms with Gasteiger partial charge in [0.15, 0.2) is 0 Å². The van der Waals surface area contributed by atoms with Gasteiger partial charge in [-0.3, -0.25) is 0 Å². The van der Waals surface area contributed by atoms with Gasteiger partial charge in [0.1, 0.15) is 0 Å². The van der Waals surface area contributed by atoms with Crippen molar-refractivity contribution < 1.29 is 8.42 Å². The lowest BCUT2D eigenvalue weighted by Crippen LogP contribution is -2.54. The molecule has 4 nitrogen and oxygen atoms in total. The van der Waals surface area contributed by atoms with Crippen molar-refractivity contribution in [3.63, 3.8) is 0 Å². The van der Waals surface area contributed by atoms with Gasteiger partial charge >= 0.3 is 0 Å². The molecule has 1 aliphatic carbocycles. The van der Waals surface area contributed by atoms with Crippen LogP contribution >= 0.6 is 0 Å². The fraction of sp³-hybridized carbons (Fsp3) is 1.00. The van der Waals surface area contributed by atoms with E-state index in [1.165, 1.54) is 12.8 Å². The smallest absolute Gasteiger partial charge is 0.213 e. The second kappa shape index (κ2) is 5.34. The van der Waals surface area contributed by atoms with Gasteiger partial charge in [0.2, 0.25) is 10.0 Å². The van der Waals surface area contributed by atoms with Gasteiger partial charge in [0.05, 0.1) is 5.75 Å². The summed E-state index contributed by atoms with van der Waals surface area (Å²) in [7, 11) is -2.96. The molecule has 2 rings (SSSR count). The Morgan fingerprint density at radius 3 is 2.37 bits per heavy atom. The summed E-state index contributed by atoms with van der Waals surface area (Å²) >= 11 is 0. The molecule has 1 aliphatic heterocycles. The first-order valence-electron chi connectivity index (χ1n) is 7.45. The molecular weight excluding hydrogens is 260 g/mol. The summed E-state index contributed by atoms with van der Waals surface area (Å²) in [5.74, 6) is 1.45. The molecule has 5 heteroatoms. The minimum Gasteiger partial charge on any atom is -0.313 e. The molecule has 0 unspecified atom stereocenters. The Morgan fingerprint density at radius 1 is 1.26 bits per heavy atom. The molecule has 0 aromatic rings. The molecule has 112 valence electrons. The zero-order valence-electron chi connectivity index (χ0n) is 12.6. The monoisotopic (exact) mass is 288 g/mol. The van der Waals surface area contributed by atoms with Crippen LogP contribution in [0.3, 0.4) is 0 Å². The van der Waals surface area contributed by atoms with Crippen LogP contribution in [0.2, 0.25) is 0 Å². The van der Waals surface area contributed by atoms with E-state index in [4.69, 9.17) is 0 Å². The summed E-state index contributed by atoms with van der Waals surface area (Å²) in [5.41, 5.74) is 0.453. The Kier molecular flexibility index (Phi) is 4.29. The highest BCUT2D eigenvalue weighted by molar-refractivity contribution is 7.89. The van der Waals surface area contributed by atoms with Gasteiger partial charge in [0.25, 0.3) is 0 Å². The number of hydrogen-bond acceptors (Lipinski definition) is 3. The SMILES string of the molecule is CCS(=O)(=O)N1CC(CN[C@H]2CC(C)(C)C[C@H]2C)C1. The van der Waals surface area contributed by atoms with Crippen molar-refractivity contribution in [2.75, 3.05) is 25.4 Å². The first kappa shape index (κ1) is 15.3.